The van der Waals surface area contributed by atoms with E-state index >= 15 is 0 Å². The van der Waals surface area contributed by atoms with Crippen molar-refractivity contribution in [2.24, 2.45) is 11.7 Å². The monoisotopic (exact) mass is 201 g/mol. The lowest BCUT2D eigenvalue weighted by molar-refractivity contribution is -0.0110. The lowest BCUT2D eigenvalue weighted by Gasteiger charge is -2.28. The van der Waals surface area contributed by atoms with Crippen LogP contribution in [0, 0.1) is 5.92 Å². The first-order valence-electron chi connectivity index (χ1n) is 5.62. The molecule has 0 amide bonds. The van der Waals surface area contributed by atoms with Crippen LogP contribution in [-0.4, -0.2) is 30.0 Å². The van der Waals surface area contributed by atoms with Gasteiger partial charge in [-0.25, -0.2) is 0 Å². The van der Waals surface area contributed by atoms with Gasteiger partial charge in [-0.05, 0) is 39.0 Å². The Morgan fingerprint density at radius 2 is 2.29 bits per heavy atom. The van der Waals surface area contributed by atoms with Gasteiger partial charge >= 0.3 is 0 Å². The molecule has 1 aliphatic rings. The van der Waals surface area contributed by atoms with E-state index in [1.54, 1.807) is 0 Å². The first-order chi connectivity index (χ1) is 6.58. The second kappa shape index (κ2) is 5.10. The fourth-order valence-electron chi connectivity index (χ4n) is 2.26. The second-order valence-corrected chi connectivity index (χ2v) is 4.61. The fourth-order valence-corrected chi connectivity index (χ4v) is 2.26. The summed E-state index contributed by atoms with van der Waals surface area (Å²) in [6.07, 6.45) is 4.26. The Labute approximate surface area is 86.6 Å². The van der Waals surface area contributed by atoms with Crippen LogP contribution in [0.1, 0.15) is 39.5 Å². The number of rotatable bonds is 5. The van der Waals surface area contributed by atoms with Crippen LogP contribution in [0.3, 0.4) is 0 Å². The van der Waals surface area contributed by atoms with Crippen molar-refractivity contribution in [1.29, 1.82) is 0 Å². The summed E-state index contributed by atoms with van der Waals surface area (Å²) < 4.78 is 5.49. The molecule has 1 fully saturated rings. The highest BCUT2D eigenvalue weighted by Gasteiger charge is 2.39. The van der Waals surface area contributed by atoms with Crippen LogP contribution < -0.4 is 5.73 Å². The highest BCUT2D eigenvalue weighted by atomic mass is 16.5. The molecule has 2 unspecified atom stereocenters. The summed E-state index contributed by atoms with van der Waals surface area (Å²) >= 11 is 0. The maximum Gasteiger partial charge on any atom is 0.0798 e. The van der Waals surface area contributed by atoms with Crippen molar-refractivity contribution in [3.05, 3.63) is 0 Å². The molecule has 0 bridgehead atoms. The summed E-state index contributed by atoms with van der Waals surface area (Å²) in [4.78, 5) is 0. The largest absolute Gasteiger partial charge is 0.388 e. The van der Waals surface area contributed by atoms with E-state index in [1.807, 2.05) is 13.8 Å². The van der Waals surface area contributed by atoms with E-state index in [9.17, 15) is 5.11 Å². The Hall–Kier alpha value is -0.120. The first kappa shape index (κ1) is 12.0. The molecule has 0 heterocycles. The molecule has 3 N–H and O–H groups in total. The van der Waals surface area contributed by atoms with Crippen LogP contribution >= 0.6 is 0 Å². The molecule has 0 aromatic heterocycles. The van der Waals surface area contributed by atoms with Crippen molar-refractivity contribution in [2.75, 3.05) is 13.2 Å². The average Bonchev–Trinajstić information content (AvgIpc) is 2.48. The van der Waals surface area contributed by atoms with Crippen molar-refractivity contribution in [3.63, 3.8) is 0 Å². The highest BCUT2D eigenvalue weighted by Crippen LogP contribution is 2.37. The quantitative estimate of drug-likeness (QED) is 0.704. The number of ether oxygens (including phenoxy) is 1. The fraction of sp³-hybridized carbons (Fsp3) is 1.00. The smallest absolute Gasteiger partial charge is 0.0798 e. The summed E-state index contributed by atoms with van der Waals surface area (Å²) in [5, 5.41) is 10.1. The van der Waals surface area contributed by atoms with Gasteiger partial charge in [0.05, 0.1) is 11.7 Å². The molecule has 0 saturated heterocycles. The van der Waals surface area contributed by atoms with E-state index in [4.69, 9.17) is 10.5 Å². The minimum Gasteiger partial charge on any atom is -0.388 e. The minimum atomic E-state index is -0.611. The van der Waals surface area contributed by atoms with Gasteiger partial charge in [0.15, 0.2) is 0 Å². The number of hydrogen-bond acceptors (Lipinski definition) is 3. The molecule has 2 atom stereocenters. The standard InChI is InChI=1S/C11H23NO2/c1-9(2)14-7-5-10-4-3-6-11(10,13)8-12/h9-10,13H,3-8,12H2,1-2H3. The van der Waals surface area contributed by atoms with E-state index in [0.717, 1.165) is 32.3 Å². The van der Waals surface area contributed by atoms with Crippen molar-refractivity contribution in [1.82, 2.24) is 0 Å². The number of hydrogen-bond donors (Lipinski definition) is 2. The summed E-state index contributed by atoms with van der Waals surface area (Å²) in [6, 6.07) is 0. The molecule has 3 nitrogen and oxygen atoms in total. The van der Waals surface area contributed by atoms with Gasteiger partial charge in [0.1, 0.15) is 0 Å². The van der Waals surface area contributed by atoms with Crippen molar-refractivity contribution in [2.45, 2.75) is 51.2 Å². The lowest BCUT2D eigenvalue weighted by atomic mass is 9.88. The van der Waals surface area contributed by atoms with Crippen LogP contribution in [-0.2, 0) is 4.74 Å². The normalized spacial score (nSPS) is 32.8. The maximum atomic E-state index is 10.1. The maximum absolute atomic E-state index is 10.1. The van der Waals surface area contributed by atoms with E-state index in [-0.39, 0.29) is 6.10 Å². The molecule has 1 rings (SSSR count). The van der Waals surface area contributed by atoms with Gasteiger partial charge in [0.2, 0.25) is 0 Å². The van der Waals surface area contributed by atoms with Crippen LogP contribution in [0.4, 0.5) is 0 Å². The summed E-state index contributed by atoms with van der Waals surface area (Å²) in [7, 11) is 0. The van der Waals surface area contributed by atoms with Gasteiger partial charge in [-0.15, -0.1) is 0 Å². The molecule has 0 aromatic rings. The Balaban J connectivity index is 2.29. The molecule has 0 spiro atoms. The van der Waals surface area contributed by atoms with Crippen LogP contribution in [0.5, 0.6) is 0 Å². The van der Waals surface area contributed by atoms with Crippen molar-refractivity contribution in [3.8, 4) is 0 Å². The van der Waals surface area contributed by atoms with Crippen LogP contribution in [0.25, 0.3) is 0 Å². The molecule has 0 aromatic carbocycles. The zero-order valence-electron chi connectivity index (χ0n) is 9.33. The number of nitrogens with two attached hydrogens (primary N) is 1. The minimum absolute atomic E-state index is 0.280. The van der Waals surface area contributed by atoms with E-state index < -0.39 is 5.60 Å². The topological polar surface area (TPSA) is 55.5 Å². The van der Waals surface area contributed by atoms with Gasteiger partial charge in [-0.1, -0.05) is 6.42 Å². The van der Waals surface area contributed by atoms with E-state index in [0.29, 0.717) is 12.5 Å². The molecule has 1 saturated carbocycles. The molecule has 0 radical (unpaired) electrons. The zero-order valence-corrected chi connectivity index (χ0v) is 9.33. The molecule has 14 heavy (non-hydrogen) atoms. The Bertz CT molecular complexity index is 173. The SMILES string of the molecule is CC(C)OCCC1CCCC1(O)CN. The Morgan fingerprint density at radius 3 is 2.86 bits per heavy atom. The third-order valence-electron chi connectivity index (χ3n) is 3.19. The molecule has 1 aliphatic carbocycles. The predicted molar refractivity (Wildman–Crippen MR) is 57.1 cm³/mol. The summed E-state index contributed by atoms with van der Waals surface area (Å²) in [5.74, 6) is 0.339. The first-order valence-corrected chi connectivity index (χ1v) is 5.62. The lowest BCUT2D eigenvalue weighted by Crippen LogP contribution is -2.41. The third-order valence-corrected chi connectivity index (χ3v) is 3.19. The van der Waals surface area contributed by atoms with Gasteiger partial charge in [-0.2, -0.15) is 0 Å². The number of aliphatic hydroxyl groups is 1. The Kier molecular flexibility index (Phi) is 4.35. The molecular weight excluding hydrogens is 178 g/mol. The predicted octanol–water partition coefficient (Wildman–Crippen LogP) is 1.29. The molecule has 0 aliphatic heterocycles. The summed E-state index contributed by atoms with van der Waals surface area (Å²) in [6.45, 7) is 5.19. The summed E-state index contributed by atoms with van der Waals surface area (Å²) in [5.41, 5.74) is 4.99. The van der Waals surface area contributed by atoms with Gasteiger partial charge < -0.3 is 15.6 Å². The van der Waals surface area contributed by atoms with E-state index in [1.165, 1.54) is 0 Å². The average molecular weight is 201 g/mol. The van der Waals surface area contributed by atoms with Crippen LogP contribution in [0.15, 0.2) is 0 Å². The second-order valence-electron chi connectivity index (χ2n) is 4.61. The van der Waals surface area contributed by atoms with E-state index in [2.05, 4.69) is 0 Å². The third kappa shape index (κ3) is 2.94. The molecule has 3 heteroatoms. The van der Waals surface area contributed by atoms with Crippen molar-refractivity contribution < 1.29 is 9.84 Å². The van der Waals surface area contributed by atoms with Gasteiger partial charge in [0, 0.05) is 13.2 Å². The van der Waals surface area contributed by atoms with Gasteiger partial charge in [0.25, 0.3) is 0 Å². The van der Waals surface area contributed by atoms with Crippen LogP contribution in [0.2, 0.25) is 0 Å². The zero-order chi connectivity index (χ0) is 10.6. The Morgan fingerprint density at radius 1 is 1.57 bits per heavy atom. The molecular formula is C11H23NO2. The highest BCUT2D eigenvalue weighted by molar-refractivity contribution is 4.92. The van der Waals surface area contributed by atoms with Gasteiger partial charge in [-0.3, -0.25) is 0 Å². The molecule has 84 valence electrons. The van der Waals surface area contributed by atoms with Crippen molar-refractivity contribution >= 4 is 0 Å².